The van der Waals surface area contributed by atoms with Crippen molar-refractivity contribution in [3.63, 3.8) is 0 Å². The second-order valence-electron chi connectivity index (χ2n) is 12.7. The molecule has 0 N–H and O–H groups in total. The van der Waals surface area contributed by atoms with Crippen LogP contribution in [0.15, 0.2) is 83.9 Å². The lowest BCUT2D eigenvalue weighted by molar-refractivity contribution is 1.19. The Balaban J connectivity index is 1.56. The van der Waals surface area contributed by atoms with E-state index in [1.807, 2.05) is 0 Å². The van der Waals surface area contributed by atoms with Crippen LogP contribution in [0, 0.1) is 27.7 Å². The maximum Gasteiger partial charge on any atom is 0.113 e. The zero-order chi connectivity index (χ0) is 27.6. The third-order valence-corrected chi connectivity index (χ3v) is 12.7. The molecule has 0 aliphatic heterocycles. The molecule has 196 valence electrons. The molecule has 0 atom stereocenters. The number of hydrogen-bond donors (Lipinski definition) is 0. The maximum atomic E-state index is 2.62. The van der Waals surface area contributed by atoms with Crippen molar-refractivity contribution in [3.8, 4) is 22.3 Å². The Bertz CT molecular complexity index is 1560. The fourth-order valence-electron chi connectivity index (χ4n) is 7.82. The van der Waals surface area contributed by atoms with Crippen molar-refractivity contribution in [1.82, 2.24) is 0 Å². The Morgan fingerprint density at radius 2 is 0.846 bits per heavy atom. The van der Waals surface area contributed by atoms with E-state index >= 15 is 0 Å². The quantitative estimate of drug-likeness (QED) is 0.233. The van der Waals surface area contributed by atoms with Gasteiger partial charge in [-0.25, -0.2) is 0 Å². The smallest absolute Gasteiger partial charge is 0.0686 e. The first-order valence-electron chi connectivity index (χ1n) is 14.4. The van der Waals surface area contributed by atoms with Crippen LogP contribution < -0.4 is 0 Å². The second-order valence-corrected chi connectivity index (χ2v) is 17.0. The summed E-state index contributed by atoms with van der Waals surface area (Å²) in [5.74, 6) is 0. The normalized spacial score (nSPS) is 14.8. The molecule has 0 unspecified atom stereocenters. The van der Waals surface area contributed by atoms with Gasteiger partial charge < -0.3 is 0 Å². The largest absolute Gasteiger partial charge is 0.113 e. The highest BCUT2D eigenvalue weighted by Crippen LogP contribution is 2.52. The summed E-state index contributed by atoms with van der Waals surface area (Å²) in [6.07, 6.45) is 2.13. The fraction of sp³-hybridized carbons (Fsp3) is 0.263. The minimum absolute atomic E-state index is 1.07. The highest BCUT2D eigenvalue weighted by atomic mass is 28.3. The van der Waals surface area contributed by atoms with Gasteiger partial charge in [-0.2, -0.15) is 0 Å². The lowest BCUT2D eigenvalue weighted by Crippen LogP contribution is -2.31. The Hall–Kier alpha value is -3.42. The summed E-state index contributed by atoms with van der Waals surface area (Å²) in [6, 6.07) is 28.0. The molecular weight excluding hydrogens is 485 g/mol. The van der Waals surface area contributed by atoms with Crippen molar-refractivity contribution in [3.05, 3.63) is 128 Å². The van der Waals surface area contributed by atoms with E-state index in [1.54, 1.807) is 21.5 Å². The topological polar surface area (TPSA) is 0 Å². The number of allylic oxidation sites excluding steroid dienone is 2. The molecule has 4 aromatic carbocycles. The molecule has 1 heteroatoms. The van der Waals surface area contributed by atoms with E-state index in [0.29, 0.717) is 0 Å². The molecule has 0 bridgehead atoms. The average Bonchev–Trinajstić information content (AvgIpc) is 3.38. The zero-order valence-corrected chi connectivity index (χ0v) is 25.8. The van der Waals surface area contributed by atoms with E-state index in [4.69, 9.17) is 0 Å². The molecular formula is C38H40Si. The second kappa shape index (κ2) is 9.35. The van der Waals surface area contributed by atoms with Gasteiger partial charge in [0, 0.05) is 0 Å². The molecule has 0 nitrogen and oxygen atoms in total. The van der Waals surface area contributed by atoms with E-state index in [0.717, 1.165) is 12.8 Å². The van der Waals surface area contributed by atoms with Crippen LogP contribution in [0.25, 0.3) is 32.6 Å². The van der Waals surface area contributed by atoms with Gasteiger partial charge in [0.25, 0.3) is 0 Å². The predicted octanol–water partition coefficient (Wildman–Crippen LogP) is 10.4. The van der Waals surface area contributed by atoms with E-state index in [-0.39, 0.29) is 0 Å². The molecule has 0 fully saturated rings. The van der Waals surface area contributed by atoms with E-state index < -0.39 is 8.07 Å². The summed E-state index contributed by atoms with van der Waals surface area (Å²) in [6.45, 7) is 18.9. The van der Waals surface area contributed by atoms with Crippen LogP contribution >= 0.6 is 0 Å². The number of aryl methyl sites for hydroxylation is 4. The van der Waals surface area contributed by atoms with E-state index in [9.17, 15) is 0 Å². The van der Waals surface area contributed by atoms with Gasteiger partial charge in [0.2, 0.25) is 0 Å². The highest BCUT2D eigenvalue weighted by molar-refractivity contribution is 7.09. The van der Waals surface area contributed by atoms with Gasteiger partial charge >= 0.3 is 0 Å². The molecule has 0 aromatic heterocycles. The zero-order valence-electron chi connectivity index (χ0n) is 24.8. The van der Waals surface area contributed by atoms with E-state index in [2.05, 4.69) is 127 Å². The van der Waals surface area contributed by atoms with Crippen molar-refractivity contribution < 1.29 is 0 Å². The summed E-state index contributed by atoms with van der Waals surface area (Å²) < 4.78 is 0. The number of fused-ring (bicyclic) bond motifs is 2. The minimum atomic E-state index is -2.09. The predicted molar refractivity (Wildman–Crippen MR) is 173 cm³/mol. The van der Waals surface area contributed by atoms with Crippen LogP contribution in [0.1, 0.15) is 58.4 Å². The Labute approximate surface area is 236 Å². The third-order valence-electron chi connectivity index (χ3n) is 8.88. The molecule has 0 saturated carbocycles. The van der Waals surface area contributed by atoms with Crippen LogP contribution in [-0.4, -0.2) is 8.07 Å². The lowest BCUT2D eigenvalue weighted by atomic mass is 9.94. The van der Waals surface area contributed by atoms with Gasteiger partial charge in [-0.05, 0) is 109 Å². The van der Waals surface area contributed by atoms with Crippen LogP contribution in [-0.2, 0) is 12.8 Å². The highest BCUT2D eigenvalue weighted by Gasteiger charge is 2.42. The first-order valence-corrected chi connectivity index (χ1v) is 17.4. The summed E-state index contributed by atoms with van der Waals surface area (Å²) >= 11 is 0. The van der Waals surface area contributed by atoms with Crippen LogP contribution in [0.2, 0.25) is 13.1 Å². The molecule has 0 saturated heterocycles. The molecule has 0 radical (unpaired) electrons. The number of rotatable bonds is 4. The number of benzene rings is 4. The van der Waals surface area contributed by atoms with Gasteiger partial charge in [0.05, 0.1) is 0 Å². The van der Waals surface area contributed by atoms with Crippen molar-refractivity contribution in [2.45, 2.75) is 67.5 Å². The lowest BCUT2D eigenvalue weighted by Gasteiger charge is -2.32. The average molecular weight is 525 g/mol. The maximum absolute atomic E-state index is 2.62. The fourth-order valence-corrected chi connectivity index (χ4v) is 12.2. The summed E-state index contributed by atoms with van der Waals surface area (Å²) in [5, 5.41) is 3.31. The number of hydrogen-bond acceptors (Lipinski definition) is 0. The Morgan fingerprint density at radius 3 is 1.21 bits per heavy atom. The monoisotopic (exact) mass is 524 g/mol. The first kappa shape index (κ1) is 25.8. The SMILES string of the molecule is CC1=C([Si](C)(C)C2=C(C)Cc3cccc(-c4cc(C)cc(C)c4)c32)c2c(cccc2-c2cc(C)cc(C)c2)C1. The first-order chi connectivity index (χ1) is 18.5. The van der Waals surface area contributed by atoms with Gasteiger partial charge in [-0.1, -0.05) is 119 Å². The van der Waals surface area contributed by atoms with Crippen LogP contribution in [0.5, 0.6) is 0 Å². The summed E-state index contributed by atoms with van der Waals surface area (Å²) in [5.41, 5.74) is 20.0. The van der Waals surface area contributed by atoms with Crippen molar-refractivity contribution in [2.24, 2.45) is 0 Å². The molecule has 39 heavy (non-hydrogen) atoms. The standard InChI is InChI=1S/C38H40Si/c1-23-15-24(2)18-31(17-23)33-13-9-11-29-21-27(5)37(35(29)33)39(7,8)38-28(6)22-30-12-10-14-34(36(30)38)32-19-25(3)16-26(4)20-32/h9-20H,21-22H2,1-8H3. The van der Waals surface area contributed by atoms with Crippen molar-refractivity contribution in [1.29, 1.82) is 0 Å². The molecule has 4 aromatic rings. The van der Waals surface area contributed by atoms with Gasteiger partial charge in [-0.15, -0.1) is 0 Å². The molecule has 0 heterocycles. The van der Waals surface area contributed by atoms with Crippen LogP contribution in [0.3, 0.4) is 0 Å². The van der Waals surface area contributed by atoms with Gasteiger partial charge in [0.1, 0.15) is 8.07 Å². The summed E-state index contributed by atoms with van der Waals surface area (Å²) in [7, 11) is -2.09. The molecule has 2 aliphatic rings. The summed E-state index contributed by atoms with van der Waals surface area (Å²) in [4.78, 5) is 0. The van der Waals surface area contributed by atoms with Gasteiger partial charge in [0.15, 0.2) is 0 Å². The Kier molecular flexibility index (Phi) is 6.19. The van der Waals surface area contributed by atoms with E-state index in [1.165, 1.54) is 66.8 Å². The molecule has 2 aliphatic carbocycles. The van der Waals surface area contributed by atoms with Gasteiger partial charge in [-0.3, -0.25) is 0 Å². The molecule has 6 rings (SSSR count). The van der Waals surface area contributed by atoms with Crippen molar-refractivity contribution in [2.75, 3.05) is 0 Å². The third kappa shape index (κ3) is 4.28. The van der Waals surface area contributed by atoms with Crippen molar-refractivity contribution >= 4 is 18.5 Å². The minimum Gasteiger partial charge on any atom is -0.0686 e. The van der Waals surface area contributed by atoms with Crippen LogP contribution in [0.4, 0.5) is 0 Å². The molecule has 0 amide bonds. The molecule has 0 spiro atoms. The Morgan fingerprint density at radius 1 is 0.487 bits per heavy atom.